The lowest BCUT2D eigenvalue weighted by molar-refractivity contribution is 0.0939. The van der Waals surface area contributed by atoms with Gasteiger partial charge in [0.2, 0.25) is 0 Å². The maximum Gasteiger partial charge on any atom is 0.251 e. The Bertz CT molecular complexity index is 874. The van der Waals surface area contributed by atoms with Crippen molar-refractivity contribution in [3.05, 3.63) is 58.0 Å². The minimum absolute atomic E-state index is 0.122. The molecule has 1 atom stereocenters. The van der Waals surface area contributed by atoms with Crippen molar-refractivity contribution in [1.82, 2.24) is 20.5 Å². The molecule has 1 aromatic carbocycles. The van der Waals surface area contributed by atoms with Crippen LogP contribution in [0.1, 0.15) is 40.9 Å². The Hall–Kier alpha value is -2.80. The Morgan fingerprint density at radius 2 is 1.92 bits per heavy atom. The minimum atomic E-state index is -0.128. The van der Waals surface area contributed by atoms with Gasteiger partial charge in [0.05, 0.1) is 22.4 Å². The summed E-state index contributed by atoms with van der Waals surface area (Å²) in [7, 11) is 0. The number of rotatable bonds is 6. The highest BCUT2D eigenvalue weighted by Gasteiger charge is 2.14. The van der Waals surface area contributed by atoms with Gasteiger partial charge >= 0.3 is 0 Å². The zero-order valence-corrected chi connectivity index (χ0v) is 15.8. The normalized spacial score (nSPS) is 11.8. The van der Waals surface area contributed by atoms with Crippen LogP contribution in [0.4, 0.5) is 5.82 Å². The fourth-order valence-corrected chi connectivity index (χ4v) is 3.19. The third-order valence-electron chi connectivity index (χ3n) is 3.89. The van der Waals surface area contributed by atoms with E-state index in [1.54, 1.807) is 23.5 Å². The number of hydrogen-bond acceptors (Lipinski definition) is 6. The van der Waals surface area contributed by atoms with Crippen LogP contribution in [0.25, 0.3) is 11.3 Å². The van der Waals surface area contributed by atoms with Crippen molar-refractivity contribution in [2.24, 2.45) is 0 Å². The fraction of sp³-hybridized carbons (Fsp3) is 0.263. The second-order valence-corrected chi connectivity index (χ2v) is 6.96. The highest BCUT2D eigenvalue weighted by atomic mass is 32.1. The van der Waals surface area contributed by atoms with E-state index in [2.05, 4.69) is 25.8 Å². The van der Waals surface area contributed by atoms with Crippen molar-refractivity contribution in [3.8, 4) is 11.3 Å². The van der Waals surface area contributed by atoms with Gasteiger partial charge < -0.3 is 10.6 Å². The number of carbonyl (C=O) groups is 1. The Balaban J connectivity index is 1.67. The number of benzene rings is 1. The summed E-state index contributed by atoms with van der Waals surface area (Å²) in [6, 6.07) is 11.0. The molecule has 2 heterocycles. The third-order valence-corrected chi connectivity index (χ3v) is 4.69. The van der Waals surface area contributed by atoms with Crippen molar-refractivity contribution < 1.29 is 4.79 Å². The molecule has 1 amide bonds. The van der Waals surface area contributed by atoms with E-state index in [0.29, 0.717) is 5.56 Å². The van der Waals surface area contributed by atoms with Crippen molar-refractivity contribution >= 4 is 23.1 Å². The number of hydrogen-bond donors (Lipinski definition) is 2. The van der Waals surface area contributed by atoms with Gasteiger partial charge in [-0.1, -0.05) is 12.1 Å². The molecular weight excluding hydrogens is 346 g/mol. The molecule has 2 N–H and O–H groups in total. The summed E-state index contributed by atoms with van der Waals surface area (Å²) < 4.78 is 0. The Morgan fingerprint density at radius 3 is 2.50 bits per heavy atom. The van der Waals surface area contributed by atoms with E-state index < -0.39 is 0 Å². The number of aryl methyl sites for hydroxylation is 1. The van der Waals surface area contributed by atoms with Crippen molar-refractivity contribution in [1.29, 1.82) is 0 Å². The molecule has 134 valence electrons. The van der Waals surface area contributed by atoms with E-state index >= 15 is 0 Å². The van der Waals surface area contributed by atoms with Crippen LogP contribution in [0.3, 0.4) is 0 Å². The van der Waals surface area contributed by atoms with Gasteiger partial charge in [0.1, 0.15) is 5.82 Å². The SMILES string of the molecule is CCNc1ccc(-c2ccc(C(=O)N[C@H](C)c3csc(C)n3)cc2)nn1. The Kier molecular flexibility index (Phi) is 5.58. The predicted octanol–water partition coefficient (Wildman–Crippen LogP) is 3.83. The number of aromatic nitrogens is 3. The molecule has 2 aromatic heterocycles. The summed E-state index contributed by atoms with van der Waals surface area (Å²) in [5.74, 6) is 0.627. The molecule has 7 heteroatoms. The summed E-state index contributed by atoms with van der Waals surface area (Å²) in [5, 5.41) is 17.4. The number of nitrogens with zero attached hydrogens (tertiary/aromatic N) is 3. The van der Waals surface area contributed by atoms with Gasteiger partial charge in [-0.2, -0.15) is 0 Å². The molecule has 0 aliphatic heterocycles. The maximum atomic E-state index is 12.4. The number of amides is 1. The van der Waals surface area contributed by atoms with Crippen LogP contribution in [0.15, 0.2) is 41.8 Å². The first-order valence-electron chi connectivity index (χ1n) is 8.47. The average Bonchev–Trinajstić information content (AvgIpc) is 3.09. The zero-order valence-electron chi connectivity index (χ0n) is 15.0. The summed E-state index contributed by atoms with van der Waals surface area (Å²) in [6.45, 7) is 6.70. The first-order valence-corrected chi connectivity index (χ1v) is 9.35. The maximum absolute atomic E-state index is 12.4. The topological polar surface area (TPSA) is 79.8 Å². The van der Waals surface area contributed by atoms with Crippen LogP contribution in [0.2, 0.25) is 0 Å². The number of nitrogens with one attached hydrogen (secondary N) is 2. The van der Waals surface area contributed by atoms with E-state index in [0.717, 1.165) is 34.3 Å². The van der Waals surface area contributed by atoms with Gasteiger partial charge in [0.25, 0.3) is 5.91 Å². The minimum Gasteiger partial charge on any atom is -0.369 e. The molecule has 26 heavy (non-hydrogen) atoms. The summed E-state index contributed by atoms with van der Waals surface area (Å²) in [6.07, 6.45) is 0. The molecule has 0 radical (unpaired) electrons. The molecule has 0 fully saturated rings. The van der Waals surface area contributed by atoms with E-state index in [1.807, 2.05) is 50.4 Å². The molecule has 0 unspecified atom stereocenters. The van der Waals surface area contributed by atoms with Crippen molar-refractivity contribution in [2.45, 2.75) is 26.8 Å². The number of carbonyl (C=O) groups excluding carboxylic acids is 1. The zero-order chi connectivity index (χ0) is 18.5. The standard InChI is InChI=1S/C19H21N5OS/c1-4-20-18-10-9-16(23-24-18)14-5-7-15(8-6-14)19(25)21-12(2)17-11-26-13(3)22-17/h5-12H,4H2,1-3H3,(H,20,24)(H,21,25)/t12-/m1/s1. The first kappa shape index (κ1) is 18.0. The lowest BCUT2D eigenvalue weighted by Crippen LogP contribution is -2.26. The van der Waals surface area contributed by atoms with Gasteiger partial charge in [0, 0.05) is 23.1 Å². The number of thiazole rings is 1. The van der Waals surface area contributed by atoms with Crippen LogP contribution >= 0.6 is 11.3 Å². The van der Waals surface area contributed by atoms with Gasteiger partial charge in [-0.05, 0) is 45.0 Å². The summed E-state index contributed by atoms with van der Waals surface area (Å²) >= 11 is 1.58. The lowest BCUT2D eigenvalue weighted by Gasteiger charge is -2.12. The quantitative estimate of drug-likeness (QED) is 0.692. The molecule has 0 saturated carbocycles. The molecular formula is C19H21N5OS. The molecule has 6 nitrogen and oxygen atoms in total. The van der Waals surface area contributed by atoms with Crippen LogP contribution < -0.4 is 10.6 Å². The molecule has 0 spiro atoms. The van der Waals surface area contributed by atoms with Gasteiger partial charge in [-0.3, -0.25) is 4.79 Å². The molecule has 3 aromatic rings. The van der Waals surface area contributed by atoms with E-state index in [4.69, 9.17) is 0 Å². The van der Waals surface area contributed by atoms with Crippen molar-refractivity contribution in [2.75, 3.05) is 11.9 Å². The number of anilines is 1. The van der Waals surface area contributed by atoms with E-state index in [-0.39, 0.29) is 11.9 Å². The average molecular weight is 367 g/mol. The summed E-state index contributed by atoms with van der Waals surface area (Å²) in [4.78, 5) is 16.8. The fourth-order valence-electron chi connectivity index (χ4n) is 2.49. The molecule has 3 rings (SSSR count). The lowest BCUT2D eigenvalue weighted by atomic mass is 10.1. The van der Waals surface area contributed by atoms with Gasteiger partial charge in [0.15, 0.2) is 0 Å². The van der Waals surface area contributed by atoms with Gasteiger partial charge in [-0.25, -0.2) is 4.98 Å². The largest absolute Gasteiger partial charge is 0.369 e. The van der Waals surface area contributed by atoms with Crippen LogP contribution in [-0.2, 0) is 0 Å². The smallest absolute Gasteiger partial charge is 0.251 e. The molecule has 0 aliphatic rings. The molecule has 0 saturated heterocycles. The highest BCUT2D eigenvalue weighted by molar-refractivity contribution is 7.09. The first-order chi connectivity index (χ1) is 12.6. The second-order valence-electron chi connectivity index (χ2n) is 5.90. The second kappa shape index (κ2) is 8.05. The Morgan fingerprint density at radius 1 is 1.15 bits per heavy atom. The Labute approximate surface area is 156 Å². The van der Waals surface area contributed by atoms with E-state index in [1.165, 1.54) is 0 Å². The van der Waals surface area contributed by atoms with Gasteiger partial charge in [-0.15, -0.1) is 21.5 Å². The molecule has 0 aliphatic carbocycles. The monoisotopic (exact) mass is 367 g/mol. The van der Waals surface area contributed by atoms with Crippen LogP contribution in [0, 0.1) is 6.92 Å². The van der Waals surface area contributed by atoms with Crippen LogP contribution in [0.5, 0.6) is 0 Å². The summed E-state index contributed by atoms with van der Waals surface area (Å²) in [5.41, 5.74) is 3.17. The van der Waals surface area contributed by atoms with Crippen LogP contribution in [-0.4, -0.2) is 27.6 Å². The van der Waals surface area contributed by atoms with Crippen molar-refractivity contribution in [3.63, 3.8) is 0 Å². The highest BCUT2D eigenvalue weighted by Crippen LogP contribution is 2.19. The predicted molar refractivity (Wildman–Crippen MR) is 104 cm³/mol. The van der Waals surface area contributed by atoms with E-state index in [9.17, 15) is 4.79 Å². The third kappa shape index (κ3) is 4.23. The molecule has 0 bridgehead atoms.